The minimum atomic E-state index is 0.447. The van der Waals surface area contributed by atoms with Crippen molar-refractivity contribution in [1.29, 1.82) is 0 Å². The van der Waals surface area contributed by atoms with Crippen molar-refractivity contribution in [2.24, 2.45) is 17.8 Å². The molecule has 0 radical (unpaired) electrons. The summed E-state index contributed by atoms with van der Waals surface area (Å²) < 4.78 is 0. The maximum absolute atomic E-state index is 9.82. The molecule has 0 heterocycles. The Balaban J connectivity index is 2.64. The molecule has 0 saturated heterocycles. The van der Waals surface area contributed by atoms with Crippen LogP contribution >= 0.6 is 0 Å². The largest absolute Gasteiger partial charge is 0.508 e. The van der Waals surface area contributed by atoms with Gasteiger partial charge in [-0.3, -0.25) is 0 Å². The highest BCUT2D eigenvalue weighted by molar-refractivity contribution is 5.32. The summed E-state index contributed by atoms with van der Waals surface area (Å²) >= 11 is 0. The van der Waals surface area contributed by atoms with Gasteiger partial charge in [-0.05, 0) is 42.2 Å². The summed E-state index contributed by atoms with van der Waals surface area (Å²) in [5.74, 6) is 2.56. The molecule has 1 atom stereocenters. The highest BCUT2D eigenvalue weighted by Crippen LogP contribution is 2.27. The summed E-state index contributed by atoms with van der Waals surface area (Å²) in [5, 5.41) is 9.82. The van der Waals surface area contributed by atoms with Crippen LogP contribution in [0, 0.1) is 17.8 Å². The van der Waals surface area contributed by atoms with Crippen molar-refractivity contribution >= 4 is 0 Å². The zero-order valence-corrected chi connectivity index (χ0v) is 11.6. The SMILES string of the molecule is CC(C)CCC(Cc1ccccc1O)C(C)C. The number of rotatable bonds is 6. The summed E-state index contributed by atoms with van der Waals surface area (Å²) in [4.78, 5) is 0. The molecule has 0 spiro atoms. The molecular weight excluding hydrogens is 208 g/mol. The third-order valence-corrected chi connectivity index (χ3v) is 3.53. The highest BCUT2D eigenvalue weighted by atomic mass is 16.3. The average molecular weight is 234 g/mol. The third-order valence-electron chi connectivity index (χ3n) is 3.53. The van der Waals surface area contributed by atoms with E-state index in [0.29, 0.717) is 17.6 Å². The van der Waals surface area contributed by atoms with Crippen molar-refractivity contribution in [2.75, 3.05) is 0 Å². The smallest absolute Gasteiger partial charge is 0.118 e. The van der Waals surface area contributed by atoms with E-state index in [0.717, 1.165) is 17.9 Å². The summed E-state index contributed by atoms with van der Waals surface area (Å²) in [5.41, 5.74) is 1.09. The third kappa shape index (κ3) is 4.80. The Morgan fingerprint density at radius 2 is 1.65 bits per heavy atom. The van der Waals surface area contributed by atoms with Crippen LogP contribution < -0.4 is 0 Å². The van der Waals surface area contributed by atoms with Gasteiger partial charge in [0.05, 0.1) is 0 Å². The van der Waals surface area contributed by atoms with Gasteiger partial charge in [0.25, 0.3) is 0 Å². The molecule has 0 aliphatic rings. The molecule has 0 aliphatic carbocycles. The van der Waals surface area contributed by atoms with Crippen molar-refractivity contribution in [3.63, 3.8) is 0 Å². The van der Waals surface area contributed by atoms with Gasteiger partial charge in [-0.1, -0.05) is 52.3 Å². The molecule has 1 N–H and O–H groups in total. The fourth-order valence-electron chi connectivity index (χ4n) is 2.18. The van der Waals surface area contributed by atoms with Crippen LogP contribution in [0.25, 0.3) is 0 Å². The first-order chi connectivity index (χ1) is 8.00. The maximum atomic E-state index is 9.82. The van der Waals surface area contributed by atoms with Crippen molar-refractivity contribution in [2.45, 2.75) is 47.0 Å². The Morgan fingerprint density at radius 1 is 1.00 bits per heavy atom. The molecule has 1 aromatic carbocycles. The summed E-state index contributed by atoms with van der Waals surface area (Å²) in [6, 6.07) is 7.72. The number of hydrogen-bond acceptors (Lipinski definition) is 1. The quantitative estimate of drug-likeness (QED) is 0.760. The van der Waals surface area contributed by atoms with Crippen LogP contribution in [-0.2, 0) is 6.42 Å². The second-order valence-corrected chi connectivity index (χ2v) is 5.81. The first-order valence-electron chi connectivity index (χ1n) is 6.77. The number of benzene rings is 1. The second kappa shape index (κ2) is 6.68. The monoisotopic (exact) mass is 234 g/mol. The lowest BCUT2D eigenvalue weighted by atomic mass is 9.84. The van der Waals surface area contributed by atoms with Crippen LogP contribution in [0.3, 0.4) is 0 Å². The van der Waals surface area contributed by atoms with Gasteiger partial charge in [0.2, 0.25) is 0 Å². The normalized spacial score (nSPS) is 13.3. The molecule has 96 valence electrons. The molecule has 0 aliphatic heterocycles. The molecule has 0 bridgehead atoms. The molecule has 1 aromatic rings. The van der Waals surface area contributed by atoms with Gasteiger partial charge in [0.1, 0.15) is 5.75 Å². The summed E-state index contributed by atoms with van der Waals surface area (Å²) in [6.07, 6.45) is 3.52. The number of aromatic hydroxyl groups is 1. The molecule has 0 fully saturated rings. The molecule has 0 amide bonds. The van der Waals surface area contributed by atoms with Gasteiger partial charge in [-0.2, -0.15) is 0 Å². The Hall–Kier alpha value is -0.980. The minimum absolute atomic E-state index is 0.447. The first-order valence-corrected chi connectivity index (χ1v) is 6.77. The predicted octanol–water partition coefficient (Wildman–Crippen LogP) is 4.64. The van der Waals surface area contributed by atoms with Gasteiger partial charge >= 0.3 is 0 Å². The zero-order chi connectivity index (χ0) is 12.8. The standard InChI is InChI=1S/C16H26O/c1-12(2)9-10-14(13(3)4)11-15-7-5-6-8-16(15)17/h5-8,12-14,17H,9-11H2,1-4H3. The van der Waals surface area contributed by atoms with Crippen molar-refractivity contribution in [3.05, 3.63) is 29.8 Å². The van der Waals surface area contributed by atoms with Gasteiger partial charge in [-0.15, -0.1) is 0 Å². The van der Waals surface area contributed by atoms with E-state index in [2.05, 4.69) is 27.7 Å². The molecular formula is C16H26O. The fraction of sp³-hybridized carbons (Fsp3) is 0.625. The Labute approximate surface area is 106 Å². The van der Waals surface area contributed by atoms with E-state index >= 15 is 0 Å². The van der Waals surface area contributed by atoms with Crippen LogP contribution in [0.1, 0.15) is 46.1 Å². The van der Waals surface area contributed by atoms with Crippen LogP contribution in [0.5, 0.6) is 5.75 Å². The lowest BCUT2D eigenvalue weighted by Crippen LogP contribution is -2.13. The Kier molecular flexibility index (Phi) is 5.54. The van der Waals surface area contributed by atoms with Crippen molar-refractivity contribution in [3.8, 4) is 5.75 Å². The van der Waals surface area contributed by atoms with E-state index < -0.39 is 0 Å². The zero-order valence-electron chi connectivity index (χ0n) is 11.6. The van der Waals surface area contributed by atoms with Crippen LogP contribution in [-0.4, -0.2) is 5.11 Å². The maximum Gasteiger partial charge on any atom is 0.118 e. The molecule has 1 heteroatoms. The highest BCUT2D eigenvalue weighted by Gasteiger charge is 2.16. The van der Waals surface area contributed by atoms with Crippen LogP contribution in [0.4, 0.5) is 0 Å². The van der Waals surface area contributed by atoms with Crippen LogP contribution in [0.2, 0.25) is 0 Å². The summed E-state index contributed by atoms with van der Waals surface area (Å²) in [7, 11) is 0. The van der Waals surface area contributed by atoms with Crippen molar-refractivity contribution in [1.82, 2.24) is 0 Å². The van der Waals surface area contributed by atoms with Gasteiger partial charge in [0, 0.05) is 0 Å². The molecule has 1 nitrogen and oxygen atoms in total. The van der Waals surface area contributed by atoms with Gasteiger partial charge in [0.15, 0.2) is 0 Å². The Morgan fingerprint density at radius 3 is 2.18 bits per heavy atom. The number of hydrogen-bond donors (Lipinski definition) is 1. The van der Waals surface area contributed by atoms with E-state index in [4.69, 9.17) is 0 Å². The van der Waals surface area contributed by atoms with Gasteiger partial charge < -0.3 is 5.11 Å². The minimum Gasteiger partial charge on any atom is -0.508 e. The number of para-hydroxylation sites is 1. The topological polar surface area (TPSA) is 20.2 Å². The van der Waals surface area contributed by atoms with E-state index in [9.17, 15) is 5.11 Å². The molecule has 17 heavy (non-hydrogen) atoms. The average Bonchev–Trinajstić information content (AvgIpc) is 2.25. The van der Waals surface area contributed by atoms with Crippen LogP contribution in [0.15, 0.2) is 24.3 Å². The molecule has 1 unspecified atom stereocenters. The van der Waals surface area contributed by atoms with E-state index in [1.165, 1.54) is 12.8 Å². The van der Waals surface area contributed by atoms with E-state index in [-0.39, 0.29) is 0 Å². The molecule has 1 rings (SSSR count). The van der Waals surface area contributed by atoms with E-state index in [1.807, 2.05) is 18.2 Å². The fourth-order valence-corrected chi connectivity index (χ4v) is 2.18. The first kappa shape index (κ1) is 14.1. The van der Waals surface area contributed by atoms with Gasteiger partial charge in [-0.25, -0.2) is 0 Å². The van der Waals surface area contributed by atoms with E-state index in [1.54, 1.807) is 6.07 Å². The second-order valence-electron chi connectivity index (χ2n) is 5.81. The summed E-state index contributed by atoms with van der Waals surface area (Å²) in [6.45, 7) is 9.12. The predicted molar refractivity (Wildman–Crippen MR) is 74.2 cm³/mol. The number of phenols is 1. The molecule has 0 aromatic heterocycles. The Bertz CT molecular complexity index is 328. The lowest BCUT2D eigenvalue weighted by molar-refractivity contribution is 0.325. The lowest BCUT2D eigenvalue weighted by Gasteiger charge is -2.22. The van der Waals surface area contributed by atoms with Crippen molar-refractivity contribution < 1.29 is 5.11 Å². The molecule has 0 saturated carbocycles. The number of phenolic OH excluding ortho intramolecular Hbond substituents is 1.